The van der Waals surface area contributed by atoms with Crippen molar-refractivity contribution >= 4 is 0 Å². The molecule has 1 aliphatic rings. The molecule has 30 heavy (non-hydrogen) atoms. The molecule has 0 fully saturated rings. The molecule has 0 atom stereocenters. The molecule has 0 saturated heterocycles. The molecule has 3 heterocycles. The minimum absolute atomic E-state index is 0.100. The fraction of sp³-hybridized carbons (Fsp3) is 0.286. The van der Waals surface area contributed by atoms with Gasteiger partial charge in [0.15, 0.2) is 0 Å². The predicted molar refractivity (Wildman–Crippen MR) is 104 cm³/mol. The van der Waals surface area contributed by atoms with E-state index in [-0.39, 0.29) is 11.3 Å². The van der Waals surface area contributed by atoms with Crippen molar-refractivity contribution in [2.75, 3.05) is 6.54 Å². The summed E-state index contributed by atoms with van der Waals surface area (Å²) in [6.07, 6.45) is -2.34. The van der Waals surface area contributed by atoms with Crippen LogP contribution in [0.4, 0.5) is 13.2 Å². The van der Waals surface area contributed by atoms with Gasteiger partial charge in [0.1, 0.15) is 11.6 Å². The second kappa shape index (κ2) is 7.91. The maximum Gasteiger partial charge on any atom is 0.573 e. The van der Waals surface area contributed by atoms with Gasteiger partial charge < -0.3 is 9.72 Å². The molecule has 2 aromatic heterocycles. The summed E-state index contributed by atoms with van der Waals surface area (Å²) in [5.74, 6) is 0.337. The van der Waals surface area contributed by atoms with E-state index in [0.717, 1.165) is 17.8 Å². The van der Waals surface area contributed by atoms with Crippen molar-refractivity contribution in [2.24, 2.45) is 0 Å². The van der Waals surface area contributed by atoms with Gasteiger partial charge in [0.2, 0.25) is 0 Å². The number of nitrogens with zero attached hydrogens (tertiary/aromatic N) is 3. The third kappa shape index (κ3) is 4.68. The molecule has 0 aliphatic carbocycles. The number of pyridine rings is 1. The Morgan fingerprint density at radius 1 is 1.23 bits per heavy atom. The largest absolute Gasteiger partial charge is 0.573 e. The maximum absolute atomic E-state index is 12.4. The van der Waals surface area contributed by atoms with Crippen LogP contribution in [0.25, 0.3) is 11.3 Å². The monoisotopic (exact) mass is 416 g/mol. The summed E-state index contributed by atoms with van der Waals surface area (Å²) in [6.45, 7) is 3.67. The second-order valence-corrected chi connectivity index (χ2v) is 7.16. The van der Waals surface area contributed by atoms with E-state index in [9.17, 15) is 18.0 Å². The summed E-state index contributed by atoms with van der Waals surface area (Å²) in [5, 5.41) is 0. The molecule has 1 aliphatic heterocycles. The fourth-order valence-electron chi connectivity index (χ4n) is 3.54. The first-order valence-electron chi connectivity index (χ1n) is 9.39. The summed E-state index contributed by atoms with van der Waals surface area (Å²) in [7, 11) is 0. The lowest BCUT2D eigenvalue weighted by atomic mass is 10.1. The first-order valence-corrected chi connectivity index (χ1v) is 9.39. The Balaban J connectivity index is 1.46. The highest BCUT2D eigenvalue weighted by atomic mass is 19.4. The topological polar surface area (TPSA) is 71.1 Å². The predicted octanol–water partition coefficient (Wildman–Crippen LogP) is 3.60. The van der Waals surface area contributed by atoms with E-state index in [1.165, 1.54) is 18.2 Å². The van der Waals surface area contributed by atoms with Gasteiger partial charge in [-0.3, -0.25) is 14.7 Å². The van der Waals surface area contributed by atoms with E-state index in [4.69, 9.17) is 0 Å². The van der Waals surface area contributed by atoms with Gasteiger partial charge in [-0.25, -0.2) is 4.98 Å². The summed E-state index contributed by atoms with van der Waals surface area (Å²) >= 11 is 0. The molecular weight excluding hydrogens is 397 g/mol. The van der Waals surface area contributed by atoms with E-state index in [1.54, 1.807) is 25.3 Å². The van der Waals surface area contributed by atoms with E-state index < -0.39 is 6.36 Å². The number of nitrogens with one attached hydrogen (secondary N) is 1. The van der Waals surface area contributed by atoms with E-state index in [0.29, 0.717) is 42.2 Å². The van der Waals surface area contributed by atoms with E-state index >= 15 is 0 Å². The number of rotatable bonds is 4. The van der Waals surface area contributed by atoms with Gasteiger partial charge in [-0.05, 0) is 30.7 Å². The van der Waals surface area contributed by atoms with E-state index in [2.05, 4.69) is 24.6 Å². The summed E-state index contributed by atoms with van der Waals surface area (Å²) in [5.41, 5.74) is 3.47. The van der Waals surface area contributed by atoms with Gasteiger partial charge in [-0.1, -0.05) is 18.2 Å². The number of aryl methyl sites for hydroxylation is 1. The molecule has 1 aromatic carbocycles. The normalized spacial score (nSPS) is 14.4. The summed E-state index contributed by atoms with van der Waals surface area (Å²) < 4.78 is 41.2. The molecule has 3 aromatic rings. The number of aromatic nitrogens is 3. The SMILES string of the molecule is Cc1nc2c(c(=O)[nH]1)CN(Cc1ccc(-c3cccc(OC(F)(F)F)c3)nc1)CC2. The lowest BCUT2D eigenvalue weighted by Gasteiger charge is -2.27. The van der Waals surface area contributed by atoms with Crippen LogP contribution in [0, 0.1) is 6.92 Å². The molecule has 6 nitrogen and oxygen atoms in total. The molecule has 0 saturated carbocycles. The average Bonchev–Trinajstić information content (AvgIpc) is 2.68. The van der Waals surface area contributed by atoms with Crippen molar-refractivity contribution in [1.29, 1.82) is 0 Å². The average molecular weight is 416 g/mol. The molecular formula is C21H19F3N4O2. The lowest BCUT2D eigenvalue weighted by Crippen LogP contribution is -2.35. The molecule has 0 radical (unpaired) electrons. The van der Waals surface area contributed by atoms with Crippen LogP contribution in [0.15, 0.2) is 47.4 Å². The van der Waals surface area contributed by atoms with Crippen molar-refractivity contribution in [3.8, 4) is 17.0 Å². The first kappa shape index (κ1) is 20.1. The Morgan fingerprint density at radius 2 is 2.07 bits per heavy atom. The van der Waals surface area contributed by atoms with Crippen molar-refractivity contribution < 1.29 is 17.9 Å². The molecule has 1 N–H and O–H groups in total. The number of alkyl halides is 3. The van der Waals surface area contributed by atoms with Gasteiger partial charge in [-0.2, -0.15) is 0 Å². The Bertz CT molecular complexity index is 1110. The number of hydrogen-bond acceptors (Lipinski definition) is 5. The zero-order chi connectivity index (χ0) is 21.3. The molecule has 0 unspecified atom stereocenters. The lowest BCUT2D eigenvalue weighted by molar-refractivity contribution is -0.274. The minimum atomic E-state index is -4.74. The quantitative estimate of drug-likeness (QED) is 0.704. The van der Waals surface area contributed by atoms with Gasteiger partial charge >= 0.3 is 6.36 Å². The smallest absolute Gasteiger partial charge is 0.406 e. The number of aromatic amines is 1. The van der Waals surface area contributed by atoms with Gasteiger partial charge in [0.05, 0.1) is 17.0 Å². The zero-order valence-corrected chi connectivity index (χ0v) is 16.2. The van der Waals surface area contributed by atoms with Crippen molar-refractivity contribution in [3.05, 3.63) is 75.6 Å². The second-order valence-electron chi connectivity index (χ2n) is 7.16. The Labute approximate surface area is 170 Å². The third-order valence-electron chi connectivity index (χ3n) is 4.86. The molecule has 4 rings (SSSR count). The van der Waals surface area contributed by atoms with Crippen molar-refractivity contribution in [1.82, 2.24) is 19.9 Å². The Hall–Kier alpha value is -3.20. The van der Waals surface area contributed by atoms with Crippen LogP contribution in [-0.2, 0) is 19.5 Å². The maximum atomic E-state index is 12.4. The van der Waals surface area contributed by atoms with Crippen LogP contribution < -0.4 is 10.3 Å². The van der Waals surface area contributed by atoms with Gasteiger partial charge in [0, 0.05) is 37.8 Å². The Kier molecular flexibility index (Phi) is 5.29. The number of halogens is 3. The zero-order valence-electron chi connectivity index (χ0n) is 16.2. The van der Waals surface area contributed by atoms with Gasteiger partial charge in [-0.15, -0.1) is 13.2 Å². The molecule has 9 heteroatoms. The minimum Gasteiger partial charge on any atom is -0.406 e. The van der Waals surface area contributed by atoms with Crippen molar-refractivity contribution in [3.63, 3.8) is 0 Å². The molecule has 0 spiro atoms. The van der Waals surface area contributed by atoms with Crippen LogP contribution in [0.5, 0.6) is 5.75 Å². The fourth-order valence-corrected chi connectivity index (χ4v) is 3.54. The summed E-state index contributed by atoms with van der Waals surface area (Å²) in [6, 6.07) is 9.36. The van der Waals surface area contributed by atoms with Gasteiger partial charge in [0.25, 0.3) is 5.56 Å². The van der Waals surface area contributed by atoms with Crippen LogP contribution in [-0.4, -0.2) is 32.8 Å². The van der Waals surface area contributed by atoms with Crippen LogP contribution in [0.3, 0.4) is 0 Å². The standard InChI is InChI=1S/C21H19F3N4O2/c1-13-26-19-7-8-28(12-17(19)20(29)27-13)11-14-5-6-18(25-10-14)15-3-2-4-16(9-15)30-21(22,23)24/h2-6,9-10H,7-8,11-12H2,1H3,(H,26,27,29). The number of H-pyrrole nitrogens is 1. The highest BCUT2D eigenvalue weighted by Gasteiger charge is 2.31. The van der Waals surface area contributed by atoms with Crippen LogP contribution in [0.2, 0.25) is 0 Å². The van der Waals surface area contributed by atoms with E-state index in [1.807, 2.05) is 6.07 Å². The third-order valence-corrected chi connectivity index (χ3v) is 4.86. The van der Waals surface area contributed by atoms with Crippen LogP contribution >= 0.6 is 0 Å². The number of hydrogen-bond donors (Lipinski definition) is 1. The molecule has 156 valence electrons. The van der Waals surface area contributed by atoms with Crippen LogP contribution in [0.1, 0.15) is 22.6 Å². The number of benzene rings is 1. The highest BCUT2D eigenvalue weighted by molar-refractivity contribution is 5.61. The Morgan fingerprint density at radius 3 is 2.80 bits per heavy atom. The molecule has 0 amide bonds. The van der Waals surface area contributed by atoms with Crippen molar-refractivity contribution in [2.45, 2.75) is 32.8 Å². The number of fused-ring (bicyclic) bond motifs is 1. The first-order chi connectivity index (χ1) is 14.3. The molecule has 0 bridgehead atoms. The number of ether oxygens (including phenoxy) is 1. The summed E-state index contributed by atoms with van der Waals surface area (Å²) in [4.78, 5) is 25.9. The highest BCUT2D eigenvalue weighted by Crippen LogP contribution is 2.27.